The molecule has 194 valence electrons. The van der Waals surface area contributed by atoms with Crippen molar-refractivity contribution in [2.24, 2.45) is 5.10 Å². The summed E-state index contributed by atoms with van der Waals surface area (Å²) in [6.07, 6.45) is 0.494. The maximum absolute atomic E-state index is 13.2. The molecule has 0 saturated carbocycles. The molecule has 7 nitrogen and oxygen atoms in total. The molecule has 1 aliphatic rings. The molecule has 0 radical (unpaired) electrons. The molecule has 1 heterocycles. The van der Waals surface area contributed by atoms with Gasteiger partial charge < -0.3 is 4.74 Å². The summed E-state index contributed by atoms with van der Waals surface area (Å²) in [5, 5.41) is 5.77. The van der Waals surface area contributed by atoms with Crippen LogP contribution in [0.5, 0.6) is 5.75 Å². The molecule has 0 spiro atoms. The van der Waals surface area contributed by atoms with Gasteiger partial charge in [0.2, 0.25) is 0 Å². The van der Waals surface area contributed by atoms with Crippen LogP contribution in [0.25, 0.3) is 10.8 Å². The quantitative estimate of drug-likeness (QED) is 0.232. The third kappa shape index (κ3) is 4.82. The van der Waals surface area contributed by atoms with E-state index in [2.05, 4.69) is 15.3 Å². The molecule has 1 aliphatic heterocycles. The summed E-state index contributed by atoms with van der Waals surface area (Å²) >= 11 is 0. The van der Waals surface area contributed by atoms with Gasteiger partial charge in [0.25, 0.3) is 15.9 Å². The van der Waals surface area contributed by atoms with Crippen molar-refractivity contribution in [2.45, 2.75) is 31.4 Å². The molecule has 0 aromatic heterocycles. The van der Waals surface area contributed by atoms with Crippen LogP contribution < -0.4 is 14.5 Å². The summed E-state index contributed by atoms with van der Waals surface area (Å²) in [4.78, 5) is 13.0. The first kappa shape index (κ1) is 25.3. The number of hydrogen-bond acceptors (Lipinski definition) is 5. The van der Waals surface area contributed by atoms with Crippen LogP contribution in [-0.4, -0.2) is 26.6 Å². The summed E-state index contributed by atoms with van der Waals surface area (Å²) in [5.74, 6) is -0.406. The highest BCUT2D eigenvalue weighted by atomic mass is 32.2. The van der Waals surface area contributed by atoms with Crippen molar-refractivity contribution in [1.29, 1.82) is 0 Å². The third-order valence-electron chi connectivity index (χ3n) is 6.26. The number of benzene rings is 4. The average molecular weight is 536 g/mol. The van der Waals surface area contributed by atoms with E-state index in [1.54, 1.807) is 54.6 Å². The molecule has 0 unspecified atom stereocenters. The first-order chi connectivity index (χ1) is 18.3. The van der Waals surface area contributed by atoms with Crippen molar-refractivity contribution in [2.75, 3.05) is 4.31 Å². The number of carbonyl (C=O) groups is 1. The SMILES string of the molecule is CC/C(=N\NC(=O)c1ccc(CN2c3cccc4cccc(c34)S2(=O)=O)cc1)c1ccc(OC(F)F)cc1. The standard InChI is InChI=1S/C28H23F2N3O4S/c1-2-23(19-13-15-22(16-14-19)37-28(29)30)31-32-27(34)21-11-9-18(10-12-21)17-33-24-7-3-5-20-6-4-8-25(26(20)24)38(33,35)36/h3-16,28H,2,17H2,1H3,(H,32,34)/b31-23+. The Hall–Kier alpha value is -4.31. The van der Waals surface area contributed by atoms with Crippen LogP contribution in [0.4, 0.5) is 14.5 Å². The Bertz CT molecular complexity index is 1630. The molecule has 0 aliphatic carbocycles. The van der Waals surface area contributed by atoms with Gasteiger partial charge in [0, 0.05) is 10.9 Å². The minimum atomic E-state index is -3.69. The molecule has 5 rings (SSSR count). The monoisotopic (exact) mass is 535 g/mol. The first-order valence-corrected chi connectivity index (χ1v) is 13.3. The van der Waals surface area contributed by atoms with Gasteiger partial charge in [-0.25, -0.2) is 13.8 Å². The van der Waals surface area contributed by atoms with E-state index in [4.69, 9.17) is 0 Å². The number of carbonyl (C=O) groups excluding carboxylic acids is 1. The van der Waals surface area contributed by atoms with E-state index in [0.29, 0.717) is 39.2 Å². The van der Waals surface area contributed by atoms with Gasteiger partial charge in [-0.1, -0.05) is 43.3 Å². The highest BCUT2D eigenvalue weighted by Gasteiger charge is 2.35. The lowest BCUT2D eigenvalue weighted by Gasteiger charge is -2.19. The molecule has 0 atom stereocenters. The van der Waals surface area contributed by atoms with E-state index in [1.165, 1.54) is 16.4 Å². The smallest absolute Gasteiger partial charge is 0.387 e. The predicted octanol–water partition coefficient (Wildman–Crippen LogP) is 5.69. The van der Waals surface area contributed by atoms with Crippen LogP contribution in [0, 0.1) is 0 Å². The number of alkyl halides is 2. The number of hydrogen-bond donors (Lipinski definition) is 1. The fraction of sp³-hybridized carbons (Fsp3) is 0.143. The molecule has 0 fully saturated rings. The normalized spacial score (nSPS) is 14.2. The van der Waals surface area contributed by atoms with Crippen LogP contribution in [0.3, 0.4) is 0 Å². The number of anilines is 1. The van der Waals surface area contributed by atoms with Crippen LogP contribution in [0.2, 0.25) is 0 Å². The van der Waals surface area contributed by atoms with Crippen molar-refractivity contribution in [3.8, 4) is 5.75 Å². The van der Waals surface area contributed by atoms with Crippen LogP contribution in [0.1, 0.15) is 34.8 Å². The Morgan fingerprint density at radius 1 is 0.947 bits per heavy atom. The Balaban J connectivity index is 1.29. The van der Waals surface area contributed by atoms with Gasteiger partial charge in [-0.3, -0.25) is 9.10 Å². The zero-order valence-corrected chi connectivity index (χ0v) is 21.1. The maximum atomic E-state index is 13.2. The Morgan fingerprint density at radius 2 is 1.61 bits per heavy atom. The van der Waals surface area contributed by atoms with Crippen LogP contribution >= 0.6 is 0 Å². The van der Waals surface area contributed by atoms with E-state index in [9.17, 15) is 22.0 Å². The van der Waals surface area contributed by atoms with Gasteiger partial charge in [-0.2, -0.15) is 13.9 Å². The lowest BCUT2D eigenvalue weighted by atomic mass is 10.1. The number of amides is 1. The van der Waals surface area contributed by atoms with Gasteiger partial charge in [-0.05, 0) is 71.5 Å². The second kappa shape index (κ2) is 10.2. The fourth-order valence-corrected chi connectivity index (χ4v) is 6.11. The lowest BCUT2D eigenvalue weighted by Crippen LogP contribution is -2.26. The van der Waals surface area contributed by atoms with Crippen molar-refractivity contribution >= 4 is 38.1 Å². The zero-order chi connectivity index (χ0) is 26.9. The van der Waals surface area contributed by atoms with E-state index in [0.717, 1.165) is 10.9 Å². The maximum Gasteiger partial charge on any atom is 0.387 e. The number of ether oxygens (including phenoxy) is 1. The van der Waals surface area contributed by atoms with Crippen LogP contribution in [0.15, 0.2) is 94.9 Å². The molecule has 1 amide bonds. The zero-order valence-electron chi connectivity index (χ0n) is 20.3. The van der Waals surface area contributed by atoms with Gasteiger partial charge in [-0.15, -0.1) is 0 Å². The molecule has 0 bridgehead atoms. The van der Waals surface area contributed by atoms with E-state index < -0.39 is 22.5 Å². The Morgan fingerprint density at radius 3 is 2.26 bits per heavy atom. The molecular formula is C28H23F2N3O4S. The highest BCUT2D eigenvalue weighted by molar-refractivity contribution is 7.93. The molecular weight excluding hydrogens is 512 g/mol. The topological polar surface area (TPSA) is 88.1 Å². The summed E-state index contributed by atoms with van der Waals surface area (Å²) in [5.41, 5.74) is 5.44. The number of rotatable bonds is 8. The van der Waals surface area contributed by atoms with E-state index in [-0.39, 0.29) is 12.3 Å². The Labute approximate surface area is 218 Å². The minimum absolute atomic E-state index is 0.0330. The van der Waals surface area contributed by atoms with Crippen molar-refractivity contribution in [3.63, 3.8) is 0 Å². The fourth-order valence-electron chi connectivity index (χ4n) is 4.42. The summed E-state index contributed by atoms with van der Waals surface area (Å²) in [7, 11) is -3.69. The third-order valence-corrected chi connectivity index (χ3v) is 8.07. The summed E-state index contributed by atoms with van der Waals surface area (Å²) in [6.45, 7) is -0.924. The first-order valence-electron chi connectivity index (χ1n) is 11.8. The van der Waals surface area contributed by atoms with Gasteiger partial charge in [0.1, 0.15) is 5.75 Å². The minimum Gasteiger partial charge on any atom is -0.435 e. The largest absolute Gasteiger partial charge is 0.435 e. The van der Waals surface area contributed by atoms with Crippen molar-refractivity contribution < 1.29 is 26.7 Å². The average Bonchev–Trinajstić information content (AvgIpc) is 3.13. The van der Waals surface area contributed by atoms with Gasteiger partial charge >= 0.3 is 6.61 Å². The number of hydrazone groups is 1. The van der Waals surface area contributed by atoms with E-state index in [1.807, 2.05) is 25.1 Å². The van der Waals surface area contributed by atoms with Gasteiger partial charge in [0.05, 0.1) is 22.8 Å². The summed E-state index contributed by atoms with van der Waals surface area (Å²) < 4.78 is 56.9. The molecule has 4 aromatic carbocycles. The molecule has 4 aromatic rings. The molecule has 10 heteroatoms. The number of nitrogens with one attached hydrogen (secondary N) is 1. The number of halogens is 2. The van der Waals surface area contributed by atoms with Gasteiger partial charge in [0.15, 0.2) is 0 Å². The predicted molar refractivity (Wildman–Crippen MR) is 141 cm³/mol. The Kier molecular flexibility index (Phi) is 6.81. The van der Waals surface area contributed by atoms with E-state index >= 15 is 0 Å². The number of sulfonamides is 1. The van der Waals surface area contributed by atoms with Crippen LogP contribution in [-0.2, 0) is 16.6 Å². The molecule has 1 N–H and O–H groups in total. The second-order valence-corrected chi connectivity index (χ2v) is 10.4. The lowest BCUT2D eigenvalue weighted by molar-refractivity contribution is -0.0498. The van der Waals surface area contributed by atoms with Crippen molar-refractivity contribution in [3.05, 3.63) is 102 Å². The van der Waals surface area contributed by atoms with Crippen molar-refractivity contribution in [1.82, 2.24) is 5.43 Å². The number of nitrogens with zero attached hydrogens (tertiary/aromatic N) is 2. The molecule has 0 saturated heterocycles. The second-order valence-electron chi connectivity index (χ2n) is 8.60. The molecule has 38 heavy (non-hydrogen) atoms. The highest BCUT2D eigenvalue weighted by Crippen LogP contribution is 2.42. The summed E-state index contributed by atoms with van der Waals surface area (Å²) in [6, 6.07) is 23.4.